The smallest absolute Gasteiger partial charge is 0.196 e. The molecule has 0 aromatic rings. The minimum absolute atomic E-state index is 0.174. The van der Waals surface area contributed by atoms with Crippen molar-refractivity contribution in [2.45, 2.75) is 0 Å². The normalized spacial score (nSPS) is 24.2. The summed E-state index contributed by atoms with van der Waals surface area (Å²) in [5.74, 6) is 0. The summed E-state index contributed by atoms with van der Waals surface area (Å²) in [4.78, 5) is 0. The highest BCUT2D eigenvalue weighted by Crippen LogP contribution is 2.70. The van der Waals surface area contributed by atoms with Gasteiger partial charge in [0.05, 0.1) is 6.61 Å². The third-order valence-electron chi connectivity index (χ3n) is 2.44. The molecule has 5 nitrogen and oxygen atoms in total. The molecule has 0 bridgehead atoms. The molecule has 0 aromatic carbocycles. The van der Waals surface area contributed by atoms with Gasteiger partial charge in [0.2, 0.25) is 0 Å². The highest BCUT2D eigenvalue weighted by Gasteiger charge is 2.37. The number of thiocarbonyl (C=S) groups is 1. The van der Waals surface area contributed by atoms with Gasteiger partial charge in [-0.3, -0.25) is 0 Å². The van der Waals surface area contributed by atoms with Crippen LogP contribution in [0.4, 0.5) is 0 Å². The minimum Gasteiger partial charge on any atom is -0.366 e. The monoisotopic (exact) mass is 378 g/mol. The van der Waals surface area contributed by atoms with Gasteiger partial charge in [-0.15, -0.1) is 0 Å². The summed E-state index contributed by atoms with van der Waals surface area (Å²) in [7, 11) is 6.72. The van der Waals surface area contributed by atoms with Crippen molar-refractivity contribution in [2.75, 3.05) is 46.6 Å². The first-order valence-electron chi connectivity index (χ1n) is 5.87. The number of nitrogens with zero attached hydrogens (tertiary/aromatic N) is 2. The van der Waals surface area contributed by atoms with Gasteiger partial charge in [0.1, 0.15) is 0 Å². The Hall–Kier alpha value is 1.72. The zero-order chi connectivity index (χ0) is 14.4. The van der Waals surface area contributed by atoms with Gasteiger partial charge in [-0.2, -0.15) is 0 Å². The van der Waals surface area contributed by atoms with Crippen LogP contribution in [0.5, 0.6) is 0 Å². The molecule has 0 spiro atoms. The topological polar surface area (TPSA) is 39.8 Å². The molecule has 0 aromatic heterocycles. The molecule has 11 heteroatoms. The minimum atomic E-state index is -0.607. The highest BCUT2D eigenvalue weighted by atomic mass is 32.1. The molecule has 1 aliphatic rings. The van der Waals surface area contributed by atoms with Crippen LogP contribution in [-0.4, -0.2) is 60.6 Å². The molecule has 1 rings (SSSR count). The van der Waals surface area contributed by atoms with Gasteiger partial charge >= 0.3 is 0 Å². The van der Waals surface area contributed by atoms with E-state index in [0.29, 0.717) is 11.7 Å². The van der Waals surface area contributed by atoms with Crippen molar-refractivity contribution < 1.29 is 4.52 Å². The van der Waals surface area contributed by atoms with Gasteiger partial charge in [0.25, 0.3) is 0 Å². The molecule has 0 aliphatic carbocycles. The molecular formula is C8H23N4OP5S. The van der Waals surface area contributed by atoms with Crippen molar-refractivity contribution in [2.24, 2.45) is 0 Å². The van der Waals surface area contributed by atoms with Gasteiger partial charge < -0.3 is 15.2 Å². The number of rotatable bonds is 6. The predicted octanol–water partition coefficient (Wildman–Crippen LogP) is 2.58. The zero-order valence-corrected chi connectivity index (χ0v) is 17.3. The third-order valence-corrected chi connectivity index (χ3v) is 11.7. The summed E-state index contributed by atoms with van der Waals surface area (Å²) in [5, 5.41) is 6.68. The van der Waals surface area contributed by atoms with Crippen molar-refractivity contribution in [3.8, 4) is 0 Å². The Morgan fingerprint density at radius 3 is 2.26 bits per heavy atom. The lowest BCUT2D eigenvalue weighted by atomic mass is 10.7. The molecule has 1 fully saturated rings. The molecule has 4 atom stereocenters. The van der Waals surface area contributed by atoms with Crippen LogP contribution in [0.1, 0.15) is 0 Å². The van der Waals surface area contributed by atoms with Crippen LogP contribution >= 0.6 is 54.0 Å². The van der Waals surface area contributed by atoms with Gasteiger partial charge in [-0.1, -0.05) is 17.9 Å². The summed E-state index contributed by atoms with van der Waals surface area (Å²) in [6.07, 6.45) is 0. The van der Waals surface area contributed by atoms with Crippen LogP contribution < -0.4 is 10.6 Å². The maximum absolute atomic E-state index is 6.12. The van der Waals surface area contributed by atoms with E-state index in [0.717, 1.165) is 19.6 Å². The standard InChI is InChI=1S/C8H23N4OP5S/c1-9-8(19)10-4-7-13-18-11(16(2)14)5-6-12(18)17(3)15/h4-7,14-15H2,1-3H3,(H2,9,10,19). The number of nitrogens with one attached hydrogen (secondary N) is 2. The SMILES string of the molecule is CNC(=S)NCCOP1N(P(C)P)CCN1P(C)P. The Morgan fingerprint density at radius 2 is 1.84 bits per heavy atom. The first-order valence-corrected chi connectivity index (χ1v) is 14.2. The Labute approximate surface area is 130 Å². The van der Waals surface area contributed by atoms with Crippen LogP contribution in [0.15, 0.2) is 0 Å². The van der Waals surface area contributed by atoms with Gasteiger partial charge in [-0.25, -0.2) is 8.88 Å². The van der Waals surface area contributed by atoms with Gasteiger partial charge in [-0.05, 0) is 41.1 Å². The molecule has 1 heterocycles. The molecular weight excluding hydrogens is 355 g/mol. The van der Waals surface area contributed by atoms with Crippen molar-refractivity contribution >= 4 is 59.2 Å². The second kappa shape index (κ2) is 9.68. The summed E-state index contributed by atoms with van der Waals surface area (Å²) in [6, 6.07) is 0. The summed E-state index contributed by atoms with van der Waals surface area (Å²) >= 11 is 5.04. The van der Waals surface area contributed by atoms with Gasteiger partial charge in [0, 0.05) is 26.7 Å². The maximum atomic E-state index is 6.12. The van der Waals surface area contributed by atoms with E-state index >= 15 is 0 Å². The van der Waals surface area contributed by atoms with Gasteiger partial charge in [0.15, 0.2) is 13.6 Å². The van der Waals surface area contributed by atoms with E-state index in [4.69, 9.17) is 16.7 Å². The molecule has 19 heavy (non-hydrogen) atoms. The lowest BCUT2D eigenvalue weighted by Gasteiger charge is -2.32. The quantitative estimate of drug-likeness (QED) is 0.421. The predicted molar refractivity (Wildman–Crippen MR) is 101 cm³/mol. The Bertz CT molecular complexity index is 282. The first kappa shape index (κ1) is 18.8. The molecule has 2 N–H and O–H groups in total. The second-order valence-corrected chi connectivity index (χ2v) is 14.4. The first-order chi connectivity index (χ1) is 8.97. The van der Waals surface area contributed by atoms with Crippen LogP contribution in [-0.2, 0) is 4.52 Å². The van der Waals surface area contributed by atoms with E-state index in [2.05, 4.69) is 50.7 Å². The Balaban J connectivity index is 2.43. The molecule has 0 saturated carbocycles. The van der Waals surface area contributed by atoms with E-state index in [-0.39, 0.29) is 15.5 Å². The number of hydrogen-bond donors (Lipinski definition) is 2. The summed E-state index contributed by atoms with van der Waals surface area (Å²) in [6.45, 7) is 8.18. The fourth-order valence-electron chi connectivity index (χ4n) is 1.54. The molecule has 112 valence electrons. The molecule has 0 radical (unpaired) electrons. The largest absolute Gasteiger partial charge is 0.366 e. The molecule has 4 unspecified atom stereocenters. The van der Waals surface area contributed by atoms with Crippen molar-refractivity contribution in [3.63, 3.8) is 0 Å². The van der Waals surface area contributed by atoms with Crippen LogP contribution in [0, 0.1) is 0 Å². The van der Waals surface area contributed by atoms with E-state index in [9.17, 15) is 0 Å². The van der Waals surface area contributed by atoms with E-state index in [1.165, 1.54) is 0 Å². The average molecular weight is 378 g/mol. The molecule has 1 saturated heterocycles. The second-order valence-electron chi connectivity index (χ2n) is 3.93. The van der Waals surface area contributed by atoms with E-state index < -0.39 is 8.45 Å². The van der Waals surface area contributed by atoms with Crippen molar-refractivity contribution in [1.82, 2.24) is 19.5 Å². The lowest BCUT2D eigenvalue weighted by Crippen LogP contribution is -2.34. The summed E-state index contributed by atoms with van der Waals surface area (Å²) in [5.41, 5.74) is 0. The maximum Gasteiger partial charge on any atom is 0.196 e. The van der Waals surface area contributed by atoms with Crippen molar-refractivity contribution in [1.29, 1.82) is 0 Å². The molecule has 1 aliphatic heterocycles. The average Bonchev–Trinajstić information content (AvgIpc) is 2.78. The zero-order valence-electron chi connectivity index (χ0n) is 11.5. The lowest BCUT2D eigenvalue weighted by molar-refractivity contribution is 0.334. The van der Waals surface area contributed by atoms with Crippen molar-refractivity contribution in [3.05, 3.63) is 0 Å². The third kappa shape index (κ3) is 6.15. The Kier molecular flexibility index (Phi) is 9.56. The van der Waals surface area contributed by atoms with E-state index in [1.54, 1.807) is 0 Å². The van der Waals surface area contributed by atoms with Crippen LogP contribution in [0.25, 0.3) is 0 Å². The summed E-state index contributed by atoms with van der Waals surface area (Å²) < 4.78 is 11.1. The van der Waals surface area contributed by atoms with Crippen LogP contribution in [0.2, 0.25) is 0 Å². The number of hydrogen-bond acceptors (Lipinski definition) is 4. The van der Waals surface area contributed by atoms with E-state index in [1.807, 2.05) is 7.05 Å². The highest BCUT2D eigenvalue weighted by molar-refractivity contribution is 8.16. The fourth-order valence-corrected chi connectivity index (χ4v) is 9.02. The fraction of sp³-hybridized carbons (Fsp3) is 0.875. The molecule has 0 amide bonds. The Morgan fingerprint density at radius 1 is 1.32 bits per heavy atom. The van der Waals surface area contributed by atoms with Crippen LogP contribution in [0.3, 0.4) is 0 Å².